The molecule has 1 aliphatic rings. The summed E-state index contributed by atoms with van der Waals surface area (Å²) in [6.45, 7) is 3.41. The SMILES string of the molecule is C/C=C1/[C@H](O)OC=C(CC(=O)OC)[C@@]1(O)CC(=O)OCCc1ccc(O)c(C)c1. The lowest BCUT2D eigenvalue weighted by Gasteiger charge is -2.37. The number of aliphatic hydroxyl groups excluding tert-OH is 1. The van der Waals surface area contributed by atoms with Gasteiger partial charge in [0.05, 0.1) is 32.8 Å². The summed E-state index contributed by atoms with van der Waals surface area (Å²) in [6, 6.07) is 5.09. The zero-order chi connectivity index (χ0) is 21.6. The minimum Gasteiger partial charge on any atom is -0.508 e. The van der Waals surface area contributed by atoms with Crippen molar-refractivity contribution in [3.8, 4) is 5.75 Å². The van der Waals surface area contributed by atoms with Crippen molar-refractivity contribution >= 4 is 11.9 Å². The van der Waals surface area contributed by atoms with Gasteiger partial charge in [-0.25, -0.2) is 0 Å². The van der Waals surface area contributed by atoms with Gasteiger partial charge in [-0.15, -0.1) is 0 Å². The predicted octanol–water partition coefficient (Wildman–Crippen LogP) is 1.65. The molecule has 0 bridgehead atoms. The number of phenols is 1. The molecule has 0 spiro atoms. The zero-order valence-electron chi connectivity index (χ0n) is 16.7. The Morgan fingerprint density at radius 3 is 2.66 bits per heavy atom. The molecule has 0 aliphatic carbocycles. The van der Waals surface area contributed by atoms with Crippen LogP contribution in [0, 0.1) is 6.92 Å². The van der Waals surface area contributed by atoms with E-state index in [0.717, 1.165) is 17.4 Å². The van der Waals surface area contributed by atoms with Crippen LogP contribution in [-0.4, -0.2) is 52.9 Å². The Kier molecular flexibility index (Phi) is 7.41. The van der Waals surface area contributed by atoms with Gasteiger partial charge in [-0.3, -0.25) is 9.59 Å². The van der Waals surface area contributed by atoms with Gasteiger partial charge < -0.3 is 29.5 Å². The molecule has 0 radical (unpaired) electrons. The Morgan fingerprint density at radius 1 is 1.31 bits per heavy atom. The number of methoxy groups -OCH3 is 1. The summed E-state index contributed by atoms with van der Waals surface area (Å²) in [6.07, 6.45) is 0.682. The third-order valence-corrected chi connectivity index (χ3v) is 4.80. The summed E-state index contributed by atoms with van der Waals surface area (Å²) in [4.78, 5) is 24.0. The van der Waals surface area contributed by atoms with Crippen LogP contribution in [0.5, 0.6) is 5.75 Å². The highest BCUT2D eigenvalue weighted by Gasteiger charge is 2.45. The summed E-state index contributed by atoms with van der Waals surface area (Å²) < 4.78 is 14.9. The first-order chi connectivity index (χ1) is 13.7. The third kappa shape index (κ3) is 5.36. The maximum absolute atomic E-state index is 12.4. The summed E-state index contributed by atoms with van der Waals surface area (Å²) in [5.74, 6) is -1.14. The van der Waals surface area contributed by atoms with Crippen LogP contribution in [0.4, 0.5) is 0 Å². The van der Waals surface area contributed by atoms with Crippen molar-refractivity contribution in [2.45, 2.75) is 45.0 Å². The molecule has 2 atom stereocenters. The molecule has 3 N–H and O–H groups in total. The molecule has 1 heterocycles. The highest BCUT2D eigenvalue weighted by Crippen LogP contribution is 2.38. The number of aromatic hydroxyl groups is 1. The number of carbonyl (C=O) groups excluding carboxylic acids is 2. The monoisotopic (exact) mass is 406 g/mol. The number of aliphatic hydroxyl groups is 2. The second kappa shape index (κ2) is 9.58. The van der Waals surface area contributed by atoms with E-state index in [4.69, 9.17) is 9.47 Å². The molecular weight excluding hydrogens is 380 g/mol. The van der Waals surface area contributed by atoms with Gasteiger partial charge in [-0.2, -0.15) is 0 Å². The van der Waals surface area contributed by atoms with E-state index in [9.17, 15) is 24.9 Å². The summed E-state index contributed by atoms with van der Waals surface area (Å²) >= 11 is 0. The fraction of sp³-hybridized carbons (Fsp3) is 0.429. The van der Waals surface area contributed by atoms with Gasteiger partial charge in [0, 0.05) is 17.6 Å². The van der Waals surface area contributed by atoms with E-state index in [1.165, 1.54) is 13.2 Å². The van der Waals surface area contributed by atoms with Crippen molar-refractivity contribution in [1.82, 2.24) is 0 Å². The molecule has 1 aromatic carbocycles. The minimum absolute atomic E-state index is 0.0463. The Balaban J connectivity index is 2.07. The molecule has 158 valence electrons. The van der Waals surface area contributed by atoms with Crippen LogP contribution in [-0.2, 0) is 30.2 Å². The fourth-order valence-electron chi connectivity index (χ4n) is 3.14. The van der Waals surface area contributed by atoms with Crippen LogP contribution in [0.25, 0.3) is 0 Å². The van der Waals surface area contributed by atoms with Crippen molar-refractivity contribution in [1.29, 1.82) is 0 Å². The average Bonchev–Trinajstić information content (AvgIpc) is 2.67. The summed E-state index contributed by atoms with van der Waals surface area (Å²) in [7, 11) is 1.20. The van der Waals surface area contributed by atoms with Crippen LogP contribution in [0.1, 0.15) is 30.9 Å². The number of hydrogen-bond acceptors (Lipinski definition) is 8. The van der Waals surface area contributed by atoms with Gasteiger partial charge in [0.1, 0.15) is 11.4 Å². The number of rotatable bonds is 7. The number of ether oxygens (including phenoxy) is 3. The van der Waals surface area contributed by atoms with Crippen LogP contribution in [0.2, 0.25) is 0 Å². The number of hydrogen-bond donors (Lipinski definition) is 3. The zero-order valence-corrected chi connectivity index (χ0v) is 16.7. The molecule has 2 rings (SSSR count). The van der Waals surface area contributed by atoms with Gasteiger partial charge in [0.15, 0.2) is 0 Å². The second-order valence-electron chi connectivity index (χ2n) is 6.76. The van der Waals surface area contributed by atoms with E-state index in [1.54, 1.807) is 32.0 Å². The normalized spacial score (nSPS) is 22.6. The predicted molar refractivity (Wildman–Crippen MR) is 103 cm³/mol. The molecule has 0 amide bonds. The Bertz CT molecular complexity index is 826. The van der Waals surface area contributed by atoms with Gasteiger partial charge >= 0.3 is 11.9 Å². The van der Waals surface area contributed by atoms with Gasteiger partial charge in [-0.05, 0) is 31.0 Å². The first-order valence-electron chi connectivity index (χ1n) is 9.14. The number of benzene rings is 1. The smallest absolute Gasteiger partial charge is 0.309 e. The van der Waals surface area contributed by atoms with Crippen molar-refractivity contribution < 1.29 is 39.1 Å². The lowest BCUT2D eigenvalue weighted by molar-refractivity contribution is -0.150. The number of esters is 2. The fourth-order valence-corrected chi connectivity index (χ4v) is 3.14. The Labute approximate surface area is 169 Å². The van der Waals surface area contributed by atoms with E-state index in [1.807, 2.05) is 0 Å². The van der Waals surface area contributed by atoms with Crippen molar-refractivity contribution in [3.05, 3.63) is 52.8 Å². The van der Waals surface area contributed by atoms with Gasteiger partial charge in [-0.1, -0.05) is 18.2 Å². The molecule has 1 aliphatic heterocycles. The molecule has 0 aromatic heterocycles. The first-order valence-corrected chi connectivity index (χ1v) is 9.14. The summed E-state index contributed by atoms with van der Waals surface area (Å²) in [5, 5.41) is 30.7. The first kappa shape index (κ1) is 22.4. The quantitative estimate of drug-likeness (QED) is 0.461. The van der Waals surface area contributed by atoms with Crippen LogP contribution in [0.15, 0.2) is 41.7 Å². The van der Waals surface area contributed by atoms with Crippen LogP contribution in [0.3, 0.4) is 0 Å². The largest absolute Gasteiger partial charge is 0.508 e. The Hall–Kier alpha value is -2.84. The molecule has 8 heteroatoms. The van der Waals surface area contributed by atoms with Crippen molar-refractivity contribution in [3.63, 3.8) is 0 Å². The maximum Gasteiger partial charge on any atom is 0.309 e. The molecule has 29 heavy (non-hydrogen) atoms. The molecule has 1 aromatic rings. The standard InChI is InChI=1S/C21H26O8/c1-4-16-20(25)29-12-15(10-18(23)27-3)21(16,26)11-19(24)28-8-7-14-5-6-17(22)13(2)9-14/h4-6,9,12,20,22,25-26H,7-8,10-11H2,1-3H3/b16-4-/t20-,21+/m1/s1. The number of aryl methyl sites for hydroxylation is 1. The Morgan fingerprint density at radius 2 is 2.03 bits per heavy atom. The molecule has 0 saturated heterocycles. The topological polar surface area (TPSA) is 123 Å². The van der Waals surface area contributed by atoms with E-state index in [0.29, 0.717) is 6.42 Å². The maximum atomic E-state index is 12.4. The molecule has 0 saturated carbocycles. The minimum atomic E-state index is -1.92. The van der Waals surface area contributed by atoms with E-state index < -0.39 is 30.3 Å². The molecule has 0 unspecified atom stereocenters. The van der Waals surface area contributed by atoms with Crippen LogP contribution >= 0.6 is 0 Å². The molecular formula is C21H26O8. The highest BCUT2D eigenvalue weighted by molar-refractivity contribution is 5.76. The third-order valence-electron chi connectivity index (χ3n) is 4.80. The second-order valence-corrected chi connectivity index (χ2v) is 6.76. The van der Waals surface area contributed by atoms with E-state index in [2.05, 4.69) is 4.74 Å². The lowest BCUT2D eigenvalue weighted by Crippen LogP contribution is -2.45. The highest BCUT2D eigenvalue weighted by atomic mass is 16.6. The van der Waals surface area contributed by atoms with Crippen molar-refractivity contribution in [2.75, 3.05) is 13.7 Å². The number of allylic oxidation sites excluding steroid dienone is 1. The number of carbonyl (C=O) groups is 2. The lowest BCUT2D eigenvalue weighted by atomic mass is 9.80. The van der Waals surface area contributed by atoms with E-state index in [-0.39, 0.29) is 29.9 Å². The van der Waals surface area contributed by atoms with Crippen molar-refractivity contribution in [2.24, 2.45) is 0 Å². The van der Waals surface area contributed by atoms with Crippen LogP contribution < -0.4 is 0 Å². The van der Waals surface area contributed by atoms with E-state index >= 15 is 0 Å². The van der Waals surface area contributed by atoms with Gasteiger partial charge in [0.25, 0.3) is 0 Å². The average molecular weight is 406 g/mol. The number of phenolic OH excluding ortho intramolecular Hbond substituents is 1. The van der Waals surface area contributed by atoms with Gasteiger partial charge in [0.2, 0.25) is 6.29 Å². The molecule has 0 fully saturated rings. The molecule has 8 nitrogen and oxygen atoms in total. The summed E-state index contributed by atoms with van der Waals surface area (Å²) in [5.41, 5.74) is -0.186.